The Morgan fingerprint density at radius 2 is 1.75 bits per heavy atom. The van der Waals surface area contributed by atoms with E-state index in [1.54, 1.807) is 29.2 Å². The van der Waals surface area contributed by atoms with Crippen molar-refractivity contribution in [3.8, 4) is 0 Å². The number of hydrogen-bond acceptors (Lipinski definition) is 5. The second kappa shape index (κ2) is 9.22. The van der Waals surface area contributed by atoms with Gasteiger partial charge < -0.3 is 21.1 Å². The summed E-state index contributed by atoms with van der Waals surface area (Å²) in [5.41, 5.74) is 8.89. The van der Waals surface area contributed by atoms with E-state index in [9.17, 15) is 9.59 Å². The number of cyclic esters (lactones) is 1. The molecule has 0 saturated carbocycles. The molecule has 1 heterocycles. The first-order chi connectivity index (χ1) is 15.5. The first kappa shape index (κ1) is 20.9. The van der Waals surface area contributed by atoms with Crippen LogP contribution < -0.4 is 21.3 Å². The van der Waals surface area contributed by atoms with Gasteiger partial charge in [0.2, 0.25) is 0 Å². The summed E-state index contributed by atoms with van der Waals surface area (Å²) < 4.78 is 4.98. The summed E-state index contributed by atoms with van der Waals surface area (Å²) in [4.78, 5) is 26.5. The van der Waals surface area contributed by atoms with Gasteiger partial charge in [0.25, 0.3) is 5.91 Å². The van der Waals surface area contributed by atoms with Crippen molar-refractivity contribution in [1.82, 2.24) is 0 Å². The monoisotopic (exact) mass is 429 g/mol. The molecule has 1 atom stereocenters. The maximum Gasteiger partial charge on any atom is 0.414 e. The fraction of sp³-hybridized carbons (Fsp3) is 0.125. The number of nitrogen functional groups attached to an aromatic ring is 1. The zero-order valence-corrected chi connectivity index (χ0v) is 17.2. The van der Waals surface area contributed by atoms with Gasteiger partial charge >= 0.3 is 6.09 Å². The van der Waals surface area contributed by atoms with Gasteiger partial charge in [0.1, 0.15) is 18.5 Å². The van der Waals surface area contributed by atoms with Gasteiger partial charge in [-0.3, -0.25) is 15.1 Å². The van der Waals surface area contributed by atoms with Crippen LogP contribution in [0.4, 0.5) is 21.9 Å². The van der Waals surface area contributed by atoms with E-state index >= 15 is 0 Å². The van der Waals surface area contributed by atoms with Gasteiger partial charge in [-0.2, -0.15) is 0 Å². The molecule has 3 aromatic carbocycles. The highest BCUT2D eigenvalue weighted by Crippen LogP contribution is 2.25. The number of anilines is 3. The van der Waals surface area contributed by atoms with E-state index in [0.29, 0.717) is 24.4 Å². The summed E-state index contributed by atoms with van der Waals surface area (Å²) in [6.07, 6.45) is -0.361. The summed E-state index contributed by atoms with van der Waals surface area (Å²) in [5.74, 6) is -0.329. The second-order valence-corrected chi connectivity index (χ2v) is 7.28. The van der Waals surface area contributed by atoms with Crippen LogP contribution in [0, 0.1) is 5.41 Å². The van der Waals surface area contributed by atoms with Crippen LogP contribution in [0.5, 0.6) is 0 Å². The van der Waals surface area contributed by atoms with Crippen molar-refractivity contribution in [3.63, 3.8) is 0 Å². The minimum atomic E-state index is -0.667. The molecular formula is C24H23N5O3. The Labute approximate surface area is 185 Å². The summed E-state index contributed by atoms with van der Waals surface area (Å²) in [5, 5.41) is 13.8. The molecule has 1 aliphatic heterocycles. The zero-order chi connectivity index (χ0) is 22.5. The largest absolute Gasteiger partial charge is 0.447 e. The van der Waals surface area contributed by atoms with Gasteiger partial charge in [0, 0.05) is 22.6 Å². The number of hydrogen-bond donors (Lipinski definition) is 4. The molecule has 1 saturated heterocycles. The van der Waals surface area contributed by atoms with Gasteiger partial charge in [-0.25, -0.2) is 4.79 Å². The second-order valence-electron chi connectivity index (χ2n) is 7.28. The van der Waals surface area contributed by atoms with Crippen molar-refractivity contribution in [1.29, 1.82) is 5.41 Å². The normalized spacial score (nSPS) is 13.9. The van der Waals surface area contributed by atoms with Crippen LogP contribution in [0.25, 0.3) is 0 Å². The third kappa shape index (κ3) is 4.70. The van der Waals surface area contributed by atoms with Crippen LogP contribution in [0.15, 0.2) is 78.9 Å². The summed E-state index contributed by atoms with van der Waals surface area (Å²) in [6, 6.07) is 22.8. The molecule has 8 heteroatoms. The average Bonchev–Trinajstić information content (AvgIpc) is 3.24. The van der Waals surface area contributed by atoms with Gasteiger partial charge in [-0.05, 0) is 42.0 Å². The molecule has 32 heavy (non-hydrogen) atoms. The predicted octanol–water partition coefficient (Wildman–Crippen LogP) is 3.72. The Hall–Kier alpha value is -4.33. The predicted molar refractivity (Wildman–Crippen MR) is 124 cm³/mol. The van der Waals surface area contributed by atoms with Crippen molar-refractivity contribution in [2.24, 2.45) is 5.73 Å². The maximum atomic E-state index is 13.2. The summed E-state index contributed by atoms with van der Waals surface area (Å²) in [7, 11) is 0. The molecule has 3 aromatic rings. The highest BCUT2D eigenvalue weighted by Gasteiger charge is 2.24. The van der Waals surface area contributed by atoms with E-state index in [-0.39, 0.29) is 17.8 Å². The van der Waals surface area contributed by atoms with E-state index in [0.717, 1.165) is 16.9 Å². The third-order valence-corrected chi connectivity index (χ3v) is 5.09. The lowest BCUT2D eigenvalue weighted by atomic mass is 10.1. The number of ether oxygens (including phenoxy) is 1. The highest BCUT2D eigenvalue weighted by atomic mass is 16.6. The number of amides is 2. The molecule has 0 bridgehead atoms. The highest BCUT2D eigenvalue weighted by molar-refractivity contribution is 6.00. The van der Waals surface area contributed by atoms with Crippen LogP contribution in [-0.2, 0) is 9.53 Å². The van der Waals surface area contributed by atoms with E-state index in [1.165, 1.54) is 0 Å². The number of amidine groups is 1. The molecule has 1 unspecified atom stereocenters. The first-order valence-corrected chi connectivity index (χ1v) is 10.1. The van der Waals surface area contributed by atoms with Gasteiger partial charge in [-0.15, -0.1) is 0 Å². The molecular weight excluding hydrogens is 406 g/mol. The van der Waals surface area contributed by atoms with Crippen molar-refractivity contribution in [2.45, 2.75) is 6.04 Å². The van der Waals surface area contributed by atoms with Gasteiger partial charge in [-0.1, -0.05) is 42.5 Å². The van der Waals surface area contributed by atoms with Crippen LogP contribution in [0.3, 0.4) is 0 Å². The number of nitrogens with one attached hydrogen (secondary N) is 3. The minimum absolute atomic E-state index is 0.0687. The van der Waals surface area contributed by atoms with Crippen LogP contribution in [-0.4, -0.2) is 31.0 Å². The fourth-order valence-corrected chi connectivity index (χ4v) is 3.46. The number of carbonyl (C=O) groups excluding carboxylic acids is 2. The van der Waals surface area contributed by atoms with Crippen LogP contribution in [0.1, 0.15) is 17.2 Å². The van der Waals surface area contributed by atoms with Crippen molar-refractivity contribution in [3.05, 3.63) is 90.0 Å². The number of carbonyl (C=O) groups is 2. The lowest BCUT2D eigenvalue weighted by Gasteiger charge is -2.21. The zero-order valence-electron chi connectivity index (χ0n) is 17.2. The van der Waals surface area contributed by atoms with E-state index < -0.39 is 6.04 Å². The van der Waals surface area contributed by atoms with Crippen molar-refractivity contribution >= 4 is 34.9 Å². The molecule has 8 nitrogen and oxygen atoms in total. The van der Waals surface area contributed by atoms with Crippen LogP contribution >= 0.6 is 0 Å². The number of rotatable bonds is 7. The Kier molecular flexibility index (Phi) is 6.03. The molecule has 4 rings (SSSR count). The van der Waals surface area contributed by atoms with Crippen molar-refractivity contribution in [2.75, 3.05) is 28.7 Å². The number of benzene rings is 3. The lowest BCUT2D eigenvalue weighted by Crippen LogP contribution is -2.27. The smallest absolute Gasteiger partial charge is 0.414 e. The quantitative estimate of drug-likeness (QED) is 0.337. The van der Waals surface area contributed by atoms with E-state index in [4.69, 9.17) is 15.9 Å². The average molecular weight is 429 g/mol. The Balaban J connectivity index is 1.55. The first-order valence-electron chi connectivity index (χ1n) is 10.1. The Bertz CT molecular complexity index is 1130. The fourth-order valence-electron chi connectivity index (χ4n) is 3.46. The summed E-state index contributed by atoms with van der Waals surface area (Å²) >= 11 is 0. The standard InChI is InChI=1S/C24H23N5O3/c25-22(26)17-7-4-8-19(15-17)28-23(30)21(16-5-2-1-3-6-16)27-18-9-11-20(12-10-18)29-13-14-32-24(29)31/h1-12,15,21,27H,13-14H2,(H3,25,26)(H,28,30). The van der Waals surface area contributed by atoms with Crippen molar-refractivity contribution < 1.29 is 14.3 Å². The molecule has 2 amide bonds. The lowest BCUT2D eigenvalue weighted by molar-refractivity contribution is -0.117. The van der Waals surface area contributed by atoms with Gasteiger partial charge in [0.15, 0.2) is 0 Å². The summed E-state index contributed by atoms with van der Waals surface area (Å²) in [6.45, 7) is 0.889. The molecule has 0 aromatic heterocycles. The number of nitrogens with zero attached hydrogens (tertiary/aromatic N) is 1. The third-order valence-electron chi connectivity index (χ3n) is 5.09. The van der Waals surface area contributed by atoms with E-state index in [1.807, 2.05) is 54.6 Å². The minimum Gasteiger partial charge on any atom is -0.447 e. The topological polar surface area (TPSA) is 121 Å². The number of nitrogens with two attached hydrogens (primary N) is 1. The molecule has 0 radical (unpaired) electrons. The van der Waals surface area contributed by atoms with Crippen LogP contribution in [0.2, 0.25) is 0 Å². The molecule has 1 fully saturated rings. The Morgan fingerprint density at radius 1 is 1.00 bits per heavy atom. The SMILES string of the molecule is N=C(N)c1cccc(NC(=O)C(Nc2ccc(N3CCOC3=O)cc2)c2ccccc2)c1. The molecule has 162 valence electrons. The molecule has 5 N–H and O–H groups in total. The van der Waals surface area contributed by atoms with Gasteiger partial charge in [0.05, 0.1) is 6.54 Å². The Morgan fingerprint density at radius 3 is 2.41 bits per heavy atom. The molecule has 1 aliphatic rings. The van der Waals surface area contributed by atoms with E-state index in [2.05, 4.69) is 10.6 Å². The molecule has 0 spiro atoms. The maximum absolute atomic E-state index is 13.2. The molecule has 0 aliphatic carbocycles.